The Bertz CT molecular complexity index is 1060. The summed E-state index contributed by atoms with van der Waals surface area (Å²) in [6.07, 6.45) is 0.373. The van der Waals surface area contributed by atoms with Gasteiger partial charge in [0, 0.05) is 31.6 Å². The Morgan fingerprint density at radius 2 is 1.77 bits per heavy atom. The molecule has 2 aliphatic rings. The third kappa shape index (κ3) is 3.56. The molecule has 2 aliphatic heterocycles. The van der Waals surface area contributed by atoms with Crippen molar-refractivity contribution in [1.82, 2.24) is 4.90 Å². The van der Waals surface area contributed by atoms with Crippen LogP contribution in [0.1, 0.15) is 18.4 Å². The van der Waals surface area contributed by atoms with E-state index < -0.39 is 26.4 Å². The normalized spacial score (nSPS) is 19.8. The van der Waals surface area contributed by atoms with Gasteiger partial charge in [-0.3, -0.25) is 14.5 Å². The third-order valence-corrected chi connectivity index (χ3v) is 8.19. The summed E-state index contributed by atoms with van der Waals surface area (Å²) >= 11 is 0. The summed E-state index contributed by atoms with van der Waals surface area (Å²) in [5.74, 6) is -0.481. The minimum absolute atomic E-state index is 0.107. The zero-order valence-corrected chi connectivity index (χ0v) is 17.6. The Morgan fingerprint density at radius 1 is 1.07 bits per heavy atom. The first-order valence-electron chi connectivity index (χ1n) is 9.90. The minimum atomic E-state index is -3.66. The van der Waals surface area contributed by atoms with Crippen LogP contribution in [0.4, 0.5) is 5.69 Å². The number of rotatable bonds is 4. The van der Waals surface area contributed by atoms with Gasteiger partial charge in [0.05, 0.1) is 0 Å². The van der Waals surface area contributed by atoms with Crippen LogP contribution in [-0.4, -0.2) is 55.5 Å². The molecule has 0 aliphatic carbocycles. The second kappa shape index (κ2) is 7.75. The maximum absolute atomic E-state index is 13.0. The molecule has 8 heteroatoms. The van der Waals surface area contributed by atoms with Crippen molar-refractivity contribution in [2.75, 3.05) is 30.3 Å². The van der Waals surface area contributed by atoms with E-state index in [1.807, 2.05) is 31.2 Å². The summed E-state index contributed by atoms with van der Waals surface area (Å²) in [5.41, 5.74) is 1.61. The number of anilines is 1. The number of benzene rings is 2. The van der Waals surface area contributed by atoms with Crippen LogP contribution in [0, 0.1) is 6.92 Å². The first kappa shape index (κ1) is 20.4. The molecule has 0 saturated carbocycles. The molecule has 0 radical (unpaired) electrons. The van der Waals surface area contributed by atoms with E-state index >= 15 is 0 Å². The highest BCUT2D eigenvalue weighted by Gasteiger charge is 2.59. The zero-order valence-electron chi connectivity index (χ0n) is 16.8. The molecular weight excluding hydrogens is 404 g/mol. The molecule has 0 atom stereocenters. The van der Waals surface area contributed by atoms with Gasteiger partial charge in [-0.1, -0.05) is 30.3 Å². The standard InChI is InChI=1S/C22H24N2O5S/c1-17-6-5-9-19(14-17)29-15-20(25)23-12-10-22(11-13-23)24(18-7-3-2-4-8-18)21(26)16-30(22,27)28/h2-9,14H,10-13,15-16H2,1H3. The number of likely N-dealkylation sites (tertiary alicyclic amines) is 1. The first-order valence-corrected chi connectivity index (χ1v) is 11.6. The van der Waals surface area contributed by atoms with Gasteiger partial charge in [0.15, 0.2) is 21.3 Å². The predicted octanol–water partition coefficient (Wildman–Crippen LogP) is 2.15. The number of amides is 2. The molecule has 2 aromatic rings. The van der Waals surface area contributed by atoms with Gasteiger partial charge < -0.3 is 9.64 Å². The van der Waals surface area contributed by atoms with Gasteiger partial charge in [-0.25, -0.2) is 8.42 Å². The summed E-state index contributed by atoms with van der Waals surface area (Å²) in [4.78, 5) is 27.0. The van der Waals surface area contributed by atoms with Crippen molar-refractivity contribution in [1.29, 1.82) is 0 Å². The average molecular weight is 429 g/mol. The van der Waals surface area contributed by atoms with Crippen molar-refractivity contribution >= 4 is 27.3 Å². The molecule has 0 bridgehead atoms. The minimum Gasteiger partial charge on any atom is -0.484 e. The number of carbonyl (C=O) groups is 2. The molecule has 4 rings (SSSR count). The van der Waals surface area contributed by atoms with Crippen LogP contribution in [0.15, 0.2) is 54.6 Å². The molecule has 0 aromatic heterocycles. The van der Waals surface area contributed by atoms with Crippen LogP contribution in [0.3, 0.4) is 0 Å². The lowest BCUT2D eigenvalue weighted by Gasteiger charge is -2.43. The Hall–Kier alpha value is -2.87. The molecule has 7 nitrogen and oxygen atoms in total. The van der Waals surface area contributed by atoms with Gasteiger partial charge >= 0.3 is 0 Å². The molecule has 2 saturated heterocycles. The highest BCUT2D eigenvalue weighted by atomic mass is 32.2. The number of piperidine rings is 1. The van der Waals surface area contributed by atoms with E-state index in [0.717, 1.165) is 5.56 Å². The Balaban J connectivity index is 1.47. The van der Waals surface area contributed by atoms with Gasteiger partial charge in [0.1, 0.15) is 11.5 Å². The highest BCUT2D eigenvalue weighted by molar-refractivity contribution is 7.94. The summed E-state index contributed by atoms with van der Waals surface area (Å²) in [5, 5.41) is 0. The quantitative estimate of drug-likeness (QED) is 0.745. The Morgan fingerprint density at radius 3 is 2.43 bits per heavy atom. The SMILES string of the molecule is Cc1cccc(OCC(=O)N2CCC3(CC2)N(c2ccccc2)C(=O)CS3(=O)=O)c1. The molecule has 158 valence electrons. The molecule has 0 N–H and O–H groups in total. The third-order valence-electron chi connectivity index (χ3n) is 5.81. The van der Waals surface area contributed by atoms with Crippen molar-refractivity contribution in [2.45, 2.75) is 24.6 Å². The van der Waals surface area contributed by atoms with E-state index in [1.54, 1.807) is 35.2 Å². The van der Waals surface area contributed by atoms with Crippen molar-refractivity contribution in [3.63, 3.8) is 0 Å². The molecule has 1 spiro atoms. The van der Waals surface area contributed by atoms with E-state index in [9.17, 15) is 18.0 Å². The van der Waals surface area contributed by atoms with E-state index in [1.165, 1.54) is 4.90 Å². The van der Waals surface area contributed by atoms with Crippen molar-refractivity contribution in [3.05, 3.63) is 60.2 Å². The van der Waals surface area contributed by atoms with Crippen molar-refractivity contribution < 1.29 is 22.7 Å². The number of carbonyl (C=O) groups excluding carboxylic acids is 2. The zero-order chi connectivity index (χ0) is 21.4. The monoisotopic (exact) mass is 428 g/mol. The molecular formula is C22H24N2O5S. The van der Waals surface area contributed by atoms with Gasteiger partial charge in [0.2, 0.25) is 5.91 Å². The lowest BCUT2D eigenvalue weighted by atomic mass is 10.0. The fourth-order valence-corrected chi connectivity index (χ4v) is 6.28. The van der Waals surface area contributed by atoms with E-state index in [2.05, 4.69) is 0 Å². The summed E-state index contributed by atoms with van der Waals surface area (Å²) in [6.45, 7) is 2.35. The lowest BCUT2D eigenvalue weighted by Crippen LogP contribution is -2.57. The van der Waals surface area contributed by atoms with Crippen LogP contribution in [-0.2, 0) is 19.4 Å². The van der Waals surface area contributed by atoms with E-state index in [4.69, 9.17) is 4.74 Å². The van der Waals surface area contributed by atoms with Gasteiger partial charge in [-0.15, -0.1) is 0 Å². The van der Waals surface area contributed by atoms with Crippen LogP contribution >= 0.6 is 0 Å². The highest BCUT2D eigenvalue weighted by Crippen LogP contribution is 2.42. The second-order valence-corrected chi connectivity index (χ2v) is 10.0. The van der Waals surface area contributed by atoms with Gasteiger partial charge in [-0.05, 0) is 36.8 Å². The second-order valence-electron chi connectivity index (χ2n) is 7.76. The number of sulfone groups is 1. The maximum atomic E-state index is 13.0. The predicted molar refractivity (Wildman–Crippen MR) is 113 cm³/mol. The number of ether oxygens (including phenoxy) is 1. The van der Waals surface area contributed by atoms with Crippen LogP contribution in [0.5, 0.6) is 5.75 Å². The van der Waals surface area contributed by atoms with E-state index in [0.29, 0.717) is 11.4 Å². The summed E-state index contributed by atoms with van der Waals surface area (Å²) in [6, 6.07) is 16.3. The number of para-hydroxylation sites is 1. The average Bonchev–Trinajstić information content (AvgIpc) is 2.92. The Labute approximate surface area is 176 Å². The van der Waals surface area contributed by atoms with Crippen molar-refractivity contribution in [3.8, 4) is 5.75 Å². The molecule has 0 unspecified atom stereocenters. The van der Waals surface area contributed by atoms with Gasteiger partial charge in [0.25, 0.3) is 5.91 Å². The van der Waals surface area contributed by atoms with Crippen LogP contribution < -0.4 is 9.64 Å². The number of hydrogen-bond acceptors (Lipinski definition) is 5. The molecule has 2 aromatic carbocycles. The molecule has 30 heavy (non-hydrogen) atoms. The maximum Gasteiger partial charge on any atom is 0.260 e. The van der Waals surface area contributed by atoms with Crippen LogP contribution in [0.25, 0.3) is 0 Å². The van der Waals surface area contributed by atoms with Gasteiger partial charge in [-0.2, -0.15) is 0 Å². The molecule has 2 amide bonds. The summed E-state index contributed by atoms with van der Waals surface area (Å²) < 4.78 is 31.5. The number of aryl methyl sites for hydroxylation is 1. The lowest BCUT2D eigenvalue weighted by molar-refractivity contribution is -0.134. The van der Waals surface area contributed by atoms with E-state index in [-0.39, 0.29) is 38.4 Å². The fourth-order valence-electron chi connectivity index (χ4n) is 4.27. The molecule has 2 heterocycles. The largest absolute Gasteiger partial charge is 0.484 e. The topological polar surface area (TPSA) is 84.0 Å². The van der Waals surface area contributed by atoms with Crippen molar-refractivity contribution in [2.24, 2.45) is 0 Å². The Kier molecular flexibility index (Phi) is 5.27. The molecule has 2 fully saturated rings. The summed E-state index contributed by atoms with van der Waals surface area (Å²) in [7, 11) is -3.66. The number of hydrogen-bond donors (Lipinski definition) is 0. The fraction of sp³-hybridized carbons (Fsp3) is 0.364. The first-order chi connectivity index (χ1) is 14.3. The van der Waals surface area contributed by atoms with Crippen LogP contribution in [0.2, 0.25) is 0 Å². The smallest absolute Gasteiger partial charge is 0.260 e. The number of nitrogens with zero attached hydrogens (tertiary/aromatic N) is 2.